The van der Waals surface area contributed by atoms with E-state index in [-0.39, 0.29) is 0 Å². The van der Waals surface area contributed by atoms with E-state index in [9.17, 15) is 4.79 Å². The van der Waals surface area contributed by atoms with Crippen molar-refractivity contribution in [3.05, 3.63) is 34.9 Å². The Morgan fingerprint density at radius 2 is 2.29 bits per heavy atom. The Morgan fingerprint density at radius 1 is 1.59 bits per heavy atom. The van der Waals surface area contributed by atoms with Crippen LogP contribution < -0.4 is 11.1 Å². The van der Waals surface area contributed by atoms with E-state index in [1.54, 1.807) is 32.0 Å². The lowest BCUT2D eigenvalue weighted by molar-refractivity contribution is -0.124. The fraction of sp³-hybridized carbons (Fsp3) is 0.308. The average Bonchev–Trinajstić information content (AvgIpc) is 2.29. The first-order chi connectivity index (χ1) is 8.00. The zero-order valence-electron chi connectivity index (χ0n) is 9.88. The zero-order valence-corrected chi connectivity index (χ0v) is 10.6. The molecule has 0 aliphatic rings. The summed E-state index contributed by atoms with van der Waals surface area (Å²) in [5.74, 6) is 5.13. The molecule has 0 heterocycles. The van der Waals surface area contributed by atoms with Gasteiger partial charge in [-0.05, 0) is 31.5 Å². The molecule has 0 saturated carbocycles. The predicted molar refractivity (Wildman–Crippen MR) is 69.5 cm³/mol. The maximum absolute atomic E-state index is 11.6. The number of amides is 1. The molecule has 0 aliphatic carbocycles. The summed E-state index contributed by atoms with van der Waals surface area (Å²) in [7, 11) is 0. The highest BCUT2D eigenvalue weighted by Gasteiger charge is 2.32. The summed E-state index contributed by atoms with van der Waals surface area (Å²) in [6.45, 7) is 3.85. The van der Waals surface area contributed by atoms with Crippen molar-refractivity contribution in [2.24, 2.45) is 5.73 Å². The molecule has 0 saturated heterocycles. The first-order valence-electron chi connectivity index (χ1n) is 5.21. The number of primary amides is 1. The van der Waals surface area contributed by atoms with E-state index in [1.807, 2.05) is 6.07 Å². The molecular weight excluding hydrogens is 236 g/mol. The lowest BCUT2D eigenvalue weighted by atomic mass is 9.91. The molecule has 1 amide bonds. The lowest BCUT2D eigenvalue weighted by Gasteiger charge is -2.27. The number of benzene rings is 1. The number of nitrogens with one attached hydrogen (secondary N) is 1. The molecule has 0 unspecified atom stereocenters. The Morgan fingerprint density at radius 3 is 2.82 bits per heavy atom. The van der Waals surface area contributed by atoms with E-state index in [4.69, 9.17) is 17.3 Å². The summed E-state index contributed by atoms with van der Waals surface area (Å²) in [6, 6.07) is 7.06. The molecule has 0 bridgehead atoms. The van der Waals surface area contributed by atoms with Crippen LogP contribution in [0.2, 0.25) is 5.02 Å². The molecule has 3 N–H and O–H groups in total. The van der Waals surface area contributed by atoms with Gasteiger partial charge in [0.25, 0.3) is 0 Å². The maximum Gasteiger partial charge on any atom is 0.242 e. The molecule has 0 fully saturated rings. The van der Waals surface area contributed by atoms with Gasteiger partial charge < -0.3 is 5.73 Å². The topological polar surface area (TPSA) is 55.1 Å². The number of hydrogen-bond acceptors (Lipinski definition) is 2. The summed E-state index contributed by atoms with van der Waals surface area (Å²) in [4.78, 5) is 11.6. The number of halogens is 1. The monoisotopic (exact) mass is 250 g/mol. The van der Waals surface area contributed by atoms with Gasteiger partial charge in [0.05, 0.1) is 6.54 Å². The minimum absolute atomic E-state index is 0.391. The van der Waals surface area contributed by atoms with Gasteiger partial charge >= 0.3 is 0 Å². The summed E-state index contributed by atoms with van der Waals surface area (Å²) in [5.41, 5.74) is 5.21. The summed E-state index contributed by atoms with van der Waals surface area (Å²) < 4.78 is 0. The molecule has 0 radical (unpaired) electrons. The number of carbonyl (C=O) groups excluding carboxylic acids is 1. The first kappa shape index (κ1) is 13.6. The van der Waals surface area contributed by atoms with Crippen molar-refractivity contribution in [1.29, 1.82) is 0 Å². The number of hydrogen-bond donors (Lipinski definition) is 2. The van der Waals surface area contributed by atoms with Crippen molar-refractivity contribution in [3.8, 4) is 11.8 Å². The van der Waals surface area contributed by atoms with Crippen molar-refractivity contribution in [3.63, 3.8) is 0 Å². The van der Waals surface area contributed by atoms with E-state index in [1.165, 1.54) is 0 Å². The van der Waals surface area contributed by atoms with Crippen LogP contribution in [0.5, 0.6) is 0 Å². The van der Waals surface area contributed by atoms with Gasteiger partial charge in [-0.3, -0.25) is 10.1 Å². The first-order valence-corrected chi connectivity index (χ1v) is 5.59. The molecule has 0 spiro atoms. The quantitative estimate of drug-likeness (QED) is 0.799. The third-order valence-corrected chi connectivity index (χ3v) is 2.84. The smallest absolute Gasteiger partial charge is 0.242 e. The van der Waals surface area contributed by atoms with Gasteiger partial charge in [0.15, 0.2) is 0 Å². The van der Waals surface area contributed by atoms with Crippen LogP contribution in [-0.4, -0.2) is 12.5 Å². The fourth-order valence-corrected chi connectivity index (χ4v) is 1.63. The highest BCUT2D eigenvalue weighted by molar-refractivity contribution is 6.30. The van der Waals surface area contributed by atoms with Gasteiger partial charge in [-0.15, -0.1) is 5.92 Å². The van der Waals surface area contributed by atoms with Gasteiger partial charge in [0.1, 0.15) is 5.54 Å². The molecule has 1 aromatic carbocycles. The van der Waals surface area contributed by atoms with Gasteiger partial charge in [-0.2, -0.15) is 0 Å². The van der Waals surface area contributed by atoms with E-state index >= 15 is 0 Å². The predicted octanol–water partition coefficient (Wildman–Crippen LogP) is 1.65. The van der Waals surface area contributed by atoms with Gasteiger partial charge in [0.2, 0.25) is 5.91 Å². The molecule has 0 aromatic heterocycles. The van der Waals surface area contributed by atoms with Crippen molar-refractivity contribution in [2.75, 3.05) is 6.54 Å². The average molecular weight is 251 g/mol. The Labute approximate surface area is 106 Å². The van der Waals surface area contributed by atoms with E-state index in [2.05, 4.69) is 17.2 Å². The molecule has 1 aromatic rings. The second-order valence-electron chi connectivity index (χ2n) is 3.78. The third kappa shape index (κ3) is 3.23. The second-order valence-corrected chi connectivity index (χ2v) is 4.22. The van der Waals surface area contributed by atoms with E-state index < -0.39 is 11.4 Å². The van der Waals surface area contributed by atoms with E-state index in [0.29, 0.717) is 11.6 Å². The number of carbonyl (C=O) groups is 1. The third-order valence-electron chi connectivity index (χ3n) is 2.60. The highest BCUT2D eigenvalue weighted by Crippen LogP contribution is 2.23. The molecule has 90 valence electrons. The Kier molecular flexibility index (Phi) is 4.56. The van der Waals surface area contributed by atoms with Crippen molar-refractivity contribution >= 4 is 17.5 Å². The standard InChI is InChI=1S/C13H15ClN2O/c1-3-4-8-16-13(2,12(15)17)10-6-5-7-11(14)9-10/h5-7,9,16H,8H2,1-2H3,(H2,15,17)/t13-/m0/s1. The second kappa shape index (κ2) is 5.72. The molecule has 17 heavy (non-hydrogen) atoms. The zero-order chi connectivity index (χ0) is 12.9. The molecule has 1 rings (SSSR count). The van der Waals surface area contributed by atoms with Gasteiger partial charge in [0, 0.05) is 5.02 Å². The minimum Gasteiger partial charge on any atom is -0.368 e. The van der Waals surface area contributed by atoms with Crippen LogP contribution in [-0.2, 0) is 10.3 Å². The summed E-state index contributed by atoms with van der Waals surface area (Å²) in [5, 5.41) is 3.60. The Balaban J connectivity index is 3.05. The van der Waals surface area contributed by atoms with Gasteiger partial charge in [-0.1, -0.05) is 29.7 Å². The van der Waals surface area contributed by atoms with E-state index in [0.717, 1.165) is 5.56 Å². The summed E-state index contributed by atoms with van der Waals surface area (Å²) >= 11 is 5.91. The lowest BCUT2D eigenvalue weighted by Crippen LogP contribution is -2.50. The van der Waals surface area contributed by atoms with Crippen molar-refractivity contribution in [1.82, 2.24) is 5.32 Å². The number of nitrogens with two attached hydrogens (primary N) is 1. The molecule has 0 aliphatic heterocycles. The highest BCUT2D eigenvalue weighted by atomic mass is 35.5. The molecular formula is C13H15ClN2O. The normalized spacial score (nSPS) is 13.4. The Bertz CT molecular complexity index is 476. The van der Waals surface area contributed by atoms with Crippen LogP contribution in [0.1, 0.15) is 19.4 Å². The largest absolute Gasteiger partial charge is 0.368 e. The molecule has 4 heteroatoms. The van der Waals surface area contributed by atoms with Crippen molar-refractivity contribution < 1.29 is 4.79 Å². The maximum atomic E-state index is 11.6. The van der Waals surface area contributed by atoms with Crippen LogP contribution in [0.15, 0.2) is 24.3 Å². The molecule has 3 nitrogen and oxygen atoms in total. The van der Waals surface area contributed by atoms with Crippen LogP contribution in [0, 0.1) is 11.8 Å². The van der Waals surface area contributed by atoms with Crippen LogP contribution in [0.25, 0.3) is 0 Å². The SMILES string of the molecule is CC#CCN[C@](C)(C(N)=O)c1cccc(Cl)c1. The number of rotatable bonds is 4. The van der Waals surface area contributed by atoms with Crippen molar-refractivity contribution in [2.45, 2.75) is 19.4 Å². The molecule has 1 atom stereocenters. The van der Waals surface area contributed by atoms with Crippen LogP contribution in [0.3, 0.4) is 0 Å². The summed E-state index contributed by atoms with van der Waals surface area (Å²) in [6.07, 6.45) is 0. The fourth-order valence-electron chi connectivity index (χ4n) is 1.44. The van der Waals surface area contributed by atoms with Crippen LogP contribution in [0.4, 0.5) is 0 Å². The van der Waals surface area contributed by atoms with Gasteiger partial charge in [-0.25, -0.2) is 0 Å². The van der Waals surface area contributed by atoms with Crippen LogP contribution >= 0.6 is 11.6 Å². The minimum atomic E-state index is -0.964. The Hall–Kier alpha value is -1.50.